The Morgan fingerprint density at radius 2 is 1.72 bits per heavy atom. The summed E-state index contributed by atoms with van der Waals surface area (Å²) in [6.45, 7) is 3.74. The maximum Gasteiger partial charge on any atom is 0.618 e. The highest BCUT2D eigenvalue weighted by Gasteiger charge is 2.43. The smallest absolute Gasteiger partial charge is 0.522 e. The molecule has 288 valence electrons. The molecule has 4 rings (SSSR count). The van der Waals surface area contributed by atoms with Crippen LogP contribution in [0.1, 0.15) is 49.2 Å². The van der Waals surface area contributed by atoms with Crippen molar-refractivity contribution >= 4 is 50.2 Å². The zero-order valence-corrected chi connectivity index (χ0v) is 30.9. The van der Waals surface area contributed by atoms with Gasteiger partial charge in [0.1, 0.15) is 23.2 Å². The van der Waals surface area contributed by atoms with Gasteiger partial charge in [0.15, 0.2) is 0 Å². The number of carboxylic acid groups (broad SMARTS) is 1. The van der Waals surface area contributed by atoms with Gasteiger partial charge in [-0.1, -0.05) is 44.2 Å². The maximum absolute atomic E-state index is 13.8. The van der Waals surface area contributed by atoms with Crippen LogP contribution in [0.15, 0.2) is 67.1 Å². The zero-order valence-electron chi connectivity index (χ0n) is 30.0. The number of rotatable bonds is 18. The number of nitrogens with one attached hydrogen (secondary N) is 3. The molecular weight excluding hydrogens is 726 g/mol. The molecular formula is C34H42BN6O12P. The molecule has 0 aliphatic carbocycles. The van der Waals surface area contributed by atoms with E-state index in [-0.39, 0.29) is 37.5 Å². The molecule has 5 N–H and O–H groups in total. The van der Waals surface area contributed by atoms with E-state index in [1.165, 1.54) is 30.5 Å². The lowest BCUT2D eigenvalue weighted by atomic mass is 9.74. The van der Waals surface area contributed by atoms with E-state index in [2.05, 4.69) is 25.1 Å². The summed E-state index contributed by atoms with van der Waals surface area (Å²) in [6, 6.07) is 13.0. The second-order valence-corrected chi connectivity index (χ2v) is 14.6. The largest absolute Gasteiger partial charge is 0.618 e. The second-order valence-electron chi connectivity index (χ2n) is 12.6. The summed E-state index contributed by atoms with van der Waals surface area (Å²) in [5.41, 5.74) is 1.26. The molecule has 2 aromatic carbocycles. The van der Waals surface area contributed by atoms with E-state index in [1.54, 1.807) is 18.2 Å². The molecule has 0 bridgehead atoms. The van der Waals surface area contributed by atoms with Crippen molar-refractivity contribution in [3.8, 4) is 11.5 Å². The fourth-order valence-electron chi connectivity index (χ4n) is 5.28. The Balaban J connectivity index is 1.36. The Hall–Kier alpha value is -5.52. The van der Waals surface area contributed by atoms with Crippen LogP contribution in [0.4, 0.5) is 10.5 Å². The van der Waals surface area contributed by atoms with Crippen molar-refractivity contribution in [1.82, 2.24) is 25.9 Å². The highest BCUT2D eigenvalue weighted by Crippen LogP contribution is 2.45. The van der Waals surface area contributed by atoms with Crippen LogP contribution in [0.3, 0.4) is 0 Å². The van der Waals surface area contributed by atoms with Gasteiger partial charge in [0.2, 0.25) is 17.6 Å². The highest BCUT2D eigenvalue weighted by atomic mass is 31.2. The number of nitrogens with zero attached hydrogens (tertiary/aromatic N) is 3. The Morgan fingerprint density at radius 3 is 2.37 bits per heavy atom. The summed E-state index contributed by atoms with van der Waals surface area (Å²) in [5, 5.41) is 16.9. The van der Waals surface area contributed by atoms with Gasteiger partial charge >= 0.3 is 26.8 Å². The van der Waals surface area contributed by atoms with E-state index < -0.39 is 62.3 Å². The van der Waals surface area contributed by atoms with E-state index in [9.17, 15) is 33.4 Å². The normalized spacial score (nSPS) is 14.6. The first kappa shape index (κ1) is 41.2. The minimum Gasteiger partial charge on any atom is -0.522 e. The van der Waals surface area contributed by atoms with E-state index in [0.717, 1.165) is 12.7 Å². The Bertz CT molecular complexity index is 1840. The lowest BCUT2D eigenvalue weighted by molar-refractivity contribution is -0.139. The van der Waals surface area contributed by atoms with E-state index in [1.807, 2.05) is 49.5 Å². The summed E-state index contributed by atoms with van der Waals surface area (Å²) < 4.78 is 33.6. The number of amides is 4. The molecule has 18 nitrogen and oxygen atoms in total. The van der Waals surface area contributed by atoms with Crippen LogP contribution < -0.4 is 30.2 Å². The molecule has 54 heavy (non-hydrogen) atoms. The molecule has 2 unspecified atom stereocenters. The third kappa shape index (κ3) is 11.5. The van der Waals surface area contributed by atoms with Gasteiger partial charge < -0.3 is 44.5 Å². The SMILES string of the molecule is COP(=O)(O)C(NC(=O)CCCOC(=O)N(C)c1ccc2c(c1)OB([C@H](CC(C)C)NC(=O)[C@H](Cc1ccccc1)NC(=O)c1cnccn1)O2)C(=O)O. The number of hydrogen-bond donors (Lipinski definition) is 5. The van der Waals surface area contributed by atoms with Crippen molar-refractivity contribution in [2.45, 2.75) is 57.3 Å². The minimum atomic E-state index is -4.63. The van der Waals surface area contributed by atoms with E-state index >= 15 is 0 Å². The Labute approximate surface area is 311 Å². The predicted molar refractivity (Wildman–Crippen MR) is 194 cm³/mol. The van der Waals surface area contributed by atoms with Crippen molar-refractivity contribution in [2.24, 2.45) is 5.92 Å². The topological polar surface area (TPSA) is 245 Å². The average Bonchev–Trinajstić information content (AvgIpc) is 3.58. The highest BCUT2D eigenvalue weighted by molar-refractivity contribution is 7.54. The molecule has 0 spiro atoms. The number of ether oxygens (including phenoxy) is 1. The quantitative estimate of drug-likeness (QED) is 0.0710. The number of fused-ring (bicyclic) bond motifs is 1. The van der Waals surface area contributed by atoms with Crippen molar-refractivity contribution in [2.75, 3.05) is 25.7 Å². The van der Waals surface area contributed by atoms with Gasteiger partial charge in [-0.3, -0.25) is 28.8 Å². The number of aromatic nitrogens is 2. The molecule has 2 heterocycles. The molecule has 4 amide bonds. The number of carbonyl (C=O) groups excluding carboxylic acids is 4. The second kappa shape index (κ2) is 19.0. The van der Waals surface area contributed by atoms with Gasteiger partial charge in [0, 0.05) is 45.5 Å². The first-order valence-corrected chi connectivity index (χ1v) is 18.5. The number of hydrogen-bond acceptors (Lipinski definition) is 12. The van der Waals surface area contributed by atoms with E-state index in [0.29, 0.717) is 23.6 Å². The third-order valence-electron chi connectivity index (χ3n) is 8.05. The van der Waals surface area contributed by atoms with Crippen molar-refractivity contribution in [3.05, 3.63) is 78.4 Å². The molecule has 1 aliphatic rings. The molecule has 1 aliphatic heterocycles. The van der Waals surface area contributed by atoms with Crippen LogP contribution in [-0.2, 0) is 34.6 Å². The summed E-state index contributed by atoms with van der Waals surface area (Å²) >= 11 is 0. The van der Waals surface area contributed by atoms with Crippen LogP contribution in [0.25, 0.3) is 0 Å². The molecule has 3 aromatic rings. The van der Waals surface area contributed by atoms with Gasteiger partial charge in [0.25, 0.3) is 5.91 Å². The summed E-state index contributed by atoms with van der Waals surface area (Å²) in [7, 11) is -3.28. The standard InChI is InChI=1S/C34H42BN6O12P/c1-21(2)17-28(39-30(43)24(18-22-9-6-5-7-10-22)38-31(44)25-20-36-14-15-37-25)35-52-26-13-12-23(19-27(26)53-35)41(3)34(47)51-16-8-11-29(42)40-32(33(45)46)54(48,49)50-4/h5-7,9-10,12-15,19-21,24,28,32H,8,11,16-18H2,1-4H3,(H,38,44)(H,39,43)(H,40,42)(H,45,46)(H,48,49)/t24-,28-,32?/m0/s1. The van der Waals surface area contributed by atoms with Crippen LogP contribution in [0.5, 0.6) is 11.5 Å². The molecule has 4 atom stereocenters. The summed E-state index contributed by atoms with van der Waals surface area (Å²) in [5.74, 6) is -5.63. The molecule has 1 aromatic heterocycles. The molecule has 0 saturated heterocycles. The number of carbonyl (C=O) groups is 5. The number of benzene rings is 2. The monoisotopic (exact) mass is 768 g/mol. The summed E-state index contributed by atoms with van der Waals surface area (Å²) in [4.78, 5) is 81.8. The summed E-state index contributed by atoms with van der Waals surface area (Å²) in [6.07, 6.45) is 3.70. The van der Waals surface area contributed by atoms with Crippen LogP contribution in [0.2, 0.25) is 0 Å². The number of aliphatic carboxylic acids is 1. The Morgan fingerprint density at radius 1 is 1.00 bits per heavy atom. The van der Waals surface area contributed by atoms with E-state index in [4.69, 9.17) is 19.2 Å². The lowest BCUT2D eigenvalue weighted by Gasteiger charge is -2.25. The average molecular weight is 769 g/mol. The van der Waals surface area contributed by atoms with Gasteiger partial charge in [-0.25, -0.2) is 14.6 Å². The maximum atomic E-state index is 13.8. The zero-order chi connectivity index (χ0) is 39.4. The fraction of sp³-hybridized carbons (Fsp3) is 0.382. The van der Waals surface area contributed by atoms with Gasteiger partial charge in [-0.05, 0) is 36.5 Å². The predicted octanol–water partition coefficient (Wildman–Crippen LogP) is 2.56. The van der Waals surface area contributed by atoms with Crippen molar-refractivity contribution < 1.29 is 57.1 Å². The number of anilines is 1. The van der Waals surface area contributed by atoms with Crippen molar-refractivity contribution in [3.63, 3.8) is 0 Å². The molecule has 20 heteroatoms. The van der Waals surface area contributed by atoms with Gasteiger partial charge in [-0.15, -0.1) is 0 Å². The molecule has 0 fully saturated rings. The fourth-order valence-corrected chi connectivity index (χ4v) is 6.07. The first-order valence-electron chi connectivity index (χ1n) is 16.9. The number of carboxylic acids is 1. The van der Waals surface area contributed by atoms with Crippen LogP contribution >= 0.6 is 7.60 Å². The lowest BCUT2D eigenvalue weighted by Crippen LogP contribution is -2.57. The van der Waals surface area contributed by atoms with Crippen molar-refractivity contribution in [1.29, 1.82) is 0 Å². The molecule has 0 saturated carbocycles. The minimum absolute atomic E-state index is 0.0114. The first-order chi connectivity index (χ1) is 25.7. The van der Waals surface area contributed by atoms with Crippen LogP contribution in [-0.4, -0.2) is 95.4 Å². The van der Waals surface area contributed by atoms with Gasteiger partial charge in [-0.2, -0.15) is 0 Å². The molecule has 0 radical (unpaired) electrons. The third-order valence-corrected chi connectivity index (χ3v) is 9.58. The Kier molecular flexibility index (Phi) is 14.5. The van der Waals surface area contributed by atoms with Gasteiger partial charge in [0.05, 0.1) is 24.4 Å². The van der Waals surface area contributed by atoms with Crippen LogP contribution in [0, 0.1) is 5.92 Å².